The molecule has 0 amide bonds. The molecule has 1 atom stereocenters. The van der Waals surface area contributed by atoms with Gasteiger partial charge in [-0.1, -0.05) is 84.2 Å². The minimum absolute atomic E-state index is 0.456. The van der Waals surface area contributed by atoms with Crippen LogP contribution in [0.1, 0.15) is 32.6 Å². The van der Waals surface area contributed by atoms with Gasteiger partial charge in [0.05, 0.1) is 0 Å². The lowest BCUT2D eigenvalue weighted by Gasteiger charge is -2.37. The number of hydrogen-bond donors (Lipinski definition) is 0. The fraction of sp³-hybridized carbons (Fsp3) is 0.900. The highest BCUT2D eigenvalue weighted by molar-refractivity contribution is 6.75. The van der Waals surface area contributed by atoms with Crippen molar-refractivity contribution >= 4 is 64.3 Å². The van der Waals surface area contributed by atoms with E-state index in [1.165, 1.54) is 5.01 Å². The van der Waals surface area contributed by atoms with E-state index in [2.05, 4.69) is 12.0 Å². The van der Waals surface area contributed by atoms with Gasteiger partial charge < -0.3 is 0 Å². The summed E-state index contributed by atoms with van der Waals surface area (Å²) in [5, 5.41) is 5.12. The molecule has 1 unspecified atom stereocenters. The third-order valence-electron chi connectivity index (χ3n) is 2.71. The van der Waals surface area contributed by atoms with E-state index in [1.807, 2.05) is 0 Å². The molecule has 112 valence electrons. The number of hydrazone groups is 1. The smallest absolute Gasteiger partial charge is 0.267 e. The summed E-state index contributed by atoms with van der Waals surface area (Å²) in [6, 6.07) is 0. The molecule has 9 heteroatoms. The van der Waals surface area contributed by atoms with Gasteiger partial charge in [-0.25, -0.2) is 5.01 Å². The van der Waals surface area contributed by atoms with E-state index in [1.54, 1.807) is 0 Å². The first-order chi connectivity index (χ1) is 8.71. The van der Waals surface area contributed by atoms with Crippen LogP contribution >= 0.6 is 58.0 Å². The van der Waals surface area contributed by atoms with Crippen molar-refractivity contribution in [2.24, 2.45) is 5.10 Å². The van der Waals surface area contributed by atoms with Gasteiger partial charge in [0.25, 0.3) is 6.42 Å². The Labute approximate surface area is 137 Å². The molecule has 0 saturated heterocycles. The van der Waals surface area contributed by atoms with Crippen LogP contribution < -0.4 is 0 Å². The molecule has 1 aliphatic heterocycles. The molecule has 0 aliphatic carbocycles. The zero-order valence-electron chi connectivity index (χ0n) is 10.3. The summed E-state index contributed by atoms with van der Waals surface area (Å²) in [5.41, 5.74) is 0. The summed E-state index contributed by atoms with van der Waals surface area (Å²) in [6.07, 6.45) is 3.53. The normalized spacial score (nSPS) is 20.5. The minimum Gasteiger partial charge on any atom is -0.277 e. The van der Waals surface area contributed by atoms with Crippen LogP contribution in [0, 0.1) is 0 Å². The van der Waals surface area contributed by atoms with Crippen LogP contribution in [0.2, 0.25) is 0 Å². The fourth-order valence-corrected chi connectivity index (χ4v) is 2.13. The summed E-state index contributed by atoms with van der Waals surface area (Å²) in [7, 11) is 0. The van der Waals surface area contributed by atoms with Gasteiger partial charge in [0.1, 0.15) is 6.34 Å². The van der Waals surface area contributed by atoms with E-state index in [4.69, 9.17) is 58.0 Å². The van der Waals surface area contributed by atoms with Gasteiger partial charge in [-0.15, -0.1) is 0 Å². The van der Waals surface area contributed by atoms with Gasteiger partial charge in [0.15, 0.2) is 0 Å². The summed E-state index contributed by atoms with van der Waals surface area (Å²) < 4.78 is 10.1. The summed E-state index contributed by atoms with van der Waals surface area (Å²) in [4.78, 5) is 0.878. The van der Waals surface area contributed by atoms with Crippen LogP contribution in [-0.2, 0) is 0 Å². The summed E-state index contributed by atoms with van der Waals surface area (Å²) in [5.74, 6) is 0. The lowest BCUT2D eigenvalue weighted by atomic mass is 10.2. The molecule has 0 saturated carbocycles. The van der Waals surface area contributed by atoms with Crippen molar-refractivity contribution in [2.45, 2.75) is 47.3 Å². The molecule has 19 heavy (non-hydrogen) atoms. The predicted octanol–water partition coefficient (Wildman–Crippen LogP) is 4.88. The van der Waals surface area contributed by atoms with Crippen molar-refractivity contribution in [2.75, 3.05) is 6.54 Å². The van der Waals surface area contributed by atoms with E-state index >= 15 is 0 Å². The molecule has 0 aromatic rings. The molecular weight excluding hydrogens is 358 g/mol. The van der Waals surface area contributed by atoms with Crippen molar-refractivity contribution in [3.8, 4) is 0 Å². The largest absolute Gasteiger partial charge is 0.277 e. The Bertz CT molecular complexity index is 321. The Morgan fingerprint density at radius 3 is 2.32 bits per heavy atom. The van der Waals surface area contributed by atoms with Crippen LogP contribution in [0.3, 0.4) is 0 Å². The zero-order chi connectivity index (χ0) is 14.7. The van der Waals surface area contributed by atoms with Crippen LogP contribution in [0.15, 0.2) is 5.10 Å². The molecule has 0 aromatic heterocycles. The average Bonchev–Trinajstić information content (AvgIpc) is 2.65. The highest BCUT2D eigenvalue weighted by atomic mass is 35.6. The molecule has 0 N–H and O–H groups in total. The summed E-state index contributed by atoms with van der Waals surface area (Å²) in [6.45, 7) is 2.56. The maximum absolute atomic E-state index is 14.2. The Morgan fingerprint density at radius 1 is 1.16 bits per heavy atom. The van der Waals surface area contributed by atoms with Crippen molar-refractivity contribution in [3.05, 3.63) is 0 Å². The molecule has 1 aliphatic rings. The lowest BCUT2D eigenvalue weighted by molar-refractivity contribution is 0.00182. The van der Waals surface area contributed by atoms with Crippen LogP contribution in [0.4, 0.5) is 4.39 Å². The number of unbranched alkanes of at least 4 members (excludes halogenated alkanes) is 3. The van der Waals surface area contributed by atoms with Gasteiger partial charge >= 0.3 is 0 Å². The maximum Gasteiger partial charge on any atom is 0.267 e. The Balaban J connectivity index is 2.56. The van der Waals surface area contributed by atoms with E-state index in [0.29, 0.717) is 6.54 Å². The van der Waals surface area contributed by atoms with E-state index in [-0.39, 0.29) is 0 Å². The van der Waals surface area contributed by atoms with Crippen molar-refractivity contribution in [3.63, 3.8) is 0 Å². The molecule has 0 aromatic carbocycles. The molecule has 1 rings (SSSR count). The van der Waals surface area contributed by atoms with E-state index in [0.717, 1.165) is 36.9 Å². The first-order valence-electron chi connectivity index (χ1n) is 5.89. The van der Waals surface area contributed by atoms with Crippen LogP contribution in [0.25, 0.3) is 0 Å². The molecule has 0 fully saturated rings. The van der Waals surface area contributed by atoms with E-state index in [9.17, 15) is 4.39 Å². The molecular formula is C10H15Cl5FN3. The van der Waals surface area contributed by atoms with Crippen LogP contribution in [0.5, 0.6) is 0 Å². The quantitative estimate of drug-likeness (QED) is 0.375. The molecule has 1 heterocycles. The minimum atomic E-state index is -2.06. The second-order valence-electron chi connectivity index (χ2n) is 4.21. The molecule has 0 spiro atoms. The predicted molar refractivity (Wildman–Crippen MR) is 80.8 cm³/mol. The Hall–Kier alpha value is 0.650. The topological polar surface area (TPSA) is 18.8 Å². The number of nitrogens with zero attached hydrogens (tertiary/aromatic N) is 3. The highest BCUT2D eigenvalue weighted by Gasteiger charge is 2.54. The average molecular weight is 374 g/mol. The highest BCUT2D eigenvalue weighted by Crippen LogP contribution is 2.49. The van der Waals surface area contributed by atoms with Gasteiger partial charge in [0, 0.05) is 6.54 Å². The second kappa shape index (κ2) is 7.08. The van der Waals surface area contributed by atoms with Gasteiger partial charge in [-0.2, -0.15) is 9.49 Å². The summed E-state index contributed by atoms with van der Waals surface area (Å²) >= 11 is 28.7. The first kappa shape index (κ1) is 17.7. The first-order valence-corrected chi connectivity index (χ1v) is 7.78. The SMILES string of the molecule is CCCCCCN1N=CN(C(Cl)(Cl)C(Cl)(Cl)Cl)C1F. The lowest BCUT2D eigenvalue weighted by Crippen LogP contribution is -2.52. The Morgan fingerprint density at radius 2 is 1.79 bits per heavy atom. The molecule has 3 nitrogen and oxygen atoms in total. The van der Waals surface area contributed by atoms with Crippen molar-refractivity contribution in [1.82, 2.24) is 9.91 Å². The van der Waals surface area contributed by atoms with Crippen molar-refractivity contribution < 1.29 is 4.39 Å². The van der Waals surface area contributed by atoms with Gasteiger partial charge in [-0.3, -0.25) is 4.90 Å². The molecule has 0 radical (unpaired) electrons. The van der Waals surface area contributed by atoms with Crippen molar-refractivity contribution in [1.29, 1.82) is 0 Å². The third kappa shape index (κ3) is 4.31. The standard InChI is InChI=1S/C10H15Cl5FN3/c1-2-3-4-5-6-19-8(16)18(7-17-19)10(14,15)9(11,12)13/h7-8H,2-6H2,1H3. The zero-order valence-corrected chi connectivity index (χ0v) is 14.1. The fourth-order valence-electron chi connectivity index (χ4n) is 1.59. The Kier molecular flexibility index (Phi) is 6.59. The monoisotopic (exact) mass is 371 g/mol. The maximum atomic E-state index is 14.2. The number of rotatable bonds is 6. The number of halogens is 6. The second-order valence-corrected chi connectivity index (χ2v) is 7.78. The van der Waals surface area contributed by atoms with Crippen LogP contribution in [-0.4, -0.2) is 37.5 Å². The number of hydrogen-bond acceptors (Lipinski definition) is 3. The van der Waals surface area contributed by atoms with E-state index < -0.39 is 14.7 Å². The molecule has 0 bridgehead atoms. The van der Waals surface area contributed by atoms with Gasteiger partial charge in [-0.05, 0) is 6.42 Å². The number of alkyl halides is 6. The van der Waals surface area contributed by atoms with Gasteiger partial charge in [0.2, 0.25) is 8.25 Å². The third-order valence-corrected chi connectivity index (χ3v) is 5.06.